The minimum Gasteiger partial charge on any atom is -0.484 e. The second-order valence-corrected chi connectivity index (χ2v) is 6.82. The Morgan fingerprint density at radius 2 is 1.76 bits per heavy atom. The van der Waals surface area contributed by atoms with Gasteiger partial charge in [0.25, 0.3) is 5.91 Å². The van der Waals surface area contributed by atoms with Crippen molar-refractivity contribution in [2.24, 2.45) is 5.92 Å². The largest absolute Gasteiger partial charge is 0.484 e. The van der Waals surface area contributed by atoms with Crippen LogP contribution < -0.4 is 10.1 Å². The van der Waals surface area contributed by atoms with E-state index in [0.29, 0.717) is 19.1 Å². The molecule has 0 aromatic heterocycles. The number of carbonyl (C=O) groups is 1. The normalized spacial score (nSPS) is 19.1. The number of ether oxygens (including phenoxy) is 1. The minimum atomic E-state index is -4.37. The molecule has 2 fully saturated rings. The highest BCUT2D eigenvalue weighted by Crippen LogP contribution is 2.30. The lowest BCUT2D eigenvalue weighted by Gasteiger charge is -2.32. The fourth-order valence-corrected chi connectivity index (χ4v) is 2.96. The molecule has 2 aliphatic rings. The van der Waals surface area contributed by atoms with E-state index in [1.807, 2.05) is 0 Å². The van der Waals surface area contributed by atoms with Gasteiger partial charge in [0.15, 0.2) is 6.61 Å². The van der Waals surface area contributed by atoms with Crippen molar-refractivity contribution < 1.29 is 22.7 Å². The van der Waals surface area contributed by atoms with E-state index in [0.717, 1.165) is 37.4 Å². The molecule has 0 unspecified atom stereocenters. The number of alkyl halides is 3. The number of halogens is 3. The predicted molar refractivity (Wildman–Crippen MR) is 87.3 cm³/mol. The zero-order valence-electron chi connectivity index (χ0n) is 14.0. The molecule has 138 valence electrons. The van der Waals surface area contributed by atoms with E-state index >= 15 is 0 Å². The highest BCUT2D eigenvalue weighted by Gasteiger charge is 2.30. The van der Waals surface area contributed by atoms with Crippen molar-refractivity contribution in [1.82, 2.24) is 10.2 Å². The molecule has 1 aliphatic heterocycles. The Hall–Kier alpha value is -1.76. The van der Waals surface area contributed by atoms with Gasteiger partial charge < -0.3 is 15.0 Å². The van der Waals surface area contributed by atoms with Gasteiger partial charge in [-0.2, -0.15) is 13.2 Å². The van der Waals surface area contributed by atoms with Crippen molar-refractivity contribution in [3.8, 4) is 5.75 Å². The molecule has 3 rings (SSSR count). The molecule has 1 N–H and O–H groups in total. The SMILES string of the molecule is O=C(COc1ccc(C(F)(F)F)cc1)N1CCC(NCC2CC2)CC1. The summed E-state index contributed by atoms with van der Waals surface area (Å²) in [5.41, 5.74) is -0.730. The Bertz CT molecular complexity index is 577. The molecule has 1 saturated carbocycles. The maximum absolute atomic E-state index is 12.5. The summed E-state index contributed by atoms with van der Waals surface area (Å²) in [6.45, 7) is 2.32. The minimum absolute atomic E-state index is 0.124. The summed E-state index contributed by atoms with van der Waals surface area (Å²) in [7, 11) is 0. The number of carbonyl (C=O) groups excluding carboxylic acids is 1. The molecule has 0 bridgehead atoms. The highest BCUT2D eigenvalue weighted by molar-refractivity contribution is 5.77. The summed E-state index contributed by atoms with van der Waals surface area (Å²) in [5.74, 6) is 0.986. The molecule has 4 nitrogen and oxygen atoms in total. The van der Waals surface area contributed by atoms with Crippen LogP contribution in [0, 0.1) is 5.92 Å². The molecule has 1 saturated heterocycles. The molecule has 1 heterocycles. The van der Waals surface area contributed by atoms with E-state index in [2.05, 4.69) is 5.32 Å². The molecule has 0 spiro atoms. The third-order valence-corrected chi connectivity index (χ3v) is 4.78. The number of hydrogen-bond acceptors (Lipinski definition) is 3. The van der Waals surface area contributed by atoms with Gasteiger partial charge in [-0.15, -0.1) is 0 Å². The van der Waals surface area contributed by atoms with Gasteiger partial charge in [0.2, 0.25) is 0 Å². The molecule has 1 aliphatic carbocycles. The summed E-state index contributed by atoms with van der Waals surface area (Å²) in [6.07, 6.45) is 0.140. The molecule has 25 heavy (non-hydrogen) atoms. The van der Waals surface area contributed by atoms with Crippen molar-refractivity contribution in [3.63, 3.8) is 0 Å². The van der Waals surface area contributed by atoms with Crippen LogP contribution in [0.4, 0.5) is 13.2 Å². The highest BCUT2D eigenvalue weighted by atomic mass is 19.4. The van der Waals surface area contributed by atoms with E-state index < -0.39 is 11.7 Å². The van der Waals surface area contributed by atoms with Crippen molar-refractivity contribution in [1.29, 1.82) is 0 Å². The summed E-state index contributed by atoms with van der Waals surface area (Å²) in [5, 5.41) is 3.56. The van der Waals surface area contributed by atoms with Crippen LogP contribution in [0.2, 0.25) is 0 Å². The van der Waals surface area contributed by atoms with Gasteiger partial charge >= 0.3 is 6.18 Å². The summed E-state index contributed by atoms with van der Waals surface area (Å²) in [6, 6.07) is 4.86. The number of piperidine rings is 1. The first-order valence-electron chi connectivity index (χ1n) is 8.73. The summed E-state index contributed by atoms with van der Waals surface area (Å²) >= 11 is 0. The zero-order valence-corrected chi connectivity index (χ0v) is 14.0. The molecular formula is C18H23F3N2O2. The Morgan fingerprint density at radius 1 is 1.12 bits per heavy atom. The van der Waals surface area contributed by atoms with Gasteiger partial charge in [0.05, 0.1) is 5.56 Å². The lowest BCUT2D eigenvalue weighted by Crippen LogP contribution is -2.46. The number of nitrogens with zero attached hydrogens (tertiary/aromatic N) is 1. The molecule has 1 aromatic carbocycles. The smallest absolute Gasteiger partial charge is 0.416 e. The first-order chi connectivity index (χ1) is 11.9. The van der Waals surface area contributed by atoms with E-state index in [-0.39, 0.29) is 18.3 Å². The molecule has 7 heteroatoms. The average Bonchev–Trinajstić information content (AvgIpc) is 3.42. The number of nitrogens with one attached hydrogen (secondary N) is 1. The molecular weight excluding hydrogens is 333 g/mol. The number of benzene rings is 1. The van der Waals surface area contributed by atoms with Crippen LogP contribution in [0.5, 0.6) is 5.75 Å². The van der Waals surface area contributed by atoms with E-state index in [9.17, 15) is 18.0 Å². The van der Waals surface area contributed by atoms with Crippen molar-refractivity contribution in [3.05, 3.63) is 29.8 Å². The predicted octanol–water partition coefficient (Wildman–Crippen LogP) is 3.07. The molecule has 1 aromatic rings. The molecule has 0 atom stereocenters. The van der Waals surface area contributed by atoms with Gasteiger partial charge in [-0.1, -0.05) is 0 Å². The van der Waals surface area contributed by atoms with Crippen molar-refractivity contribution in [2.45, 2.75) is 37.9 Å². The van der Waals surface area contributed by atoms with Gasteiger partial charge in [-0.05, 0) is 62.4 Å². The Kier molecular flexibility index (Phi) is 5.51. The van der Waals surface area contributed by atoms with Crippen LogP contribution in [-0.2, 0) is 11.0 Å². The van der Waals surface area contributed by atoms with Crippen molar-refractivity contribution >= 4 is 5.91 Å². The summed E-state index contributed by atoms with van der Waals surface area (Å²) < 4.78 is 42.8. The van der Waals surface area contributed by atoms with Crippen LogP contribution in [0.1, 0.15) is 31.2 Å². The van der Waals surface area contributed by atoms with Crippen LogP contribution in [0.25, 0.3) is 0 Å². The lowest BCUT2D eigenvalue weighted by molar-refractivity contribution is -0.138. The monoisotopic (exact) mass is 356 g/mol. The van der Waals surface area contributed by atoms with Gasteiger partial charge in [0.1, 0.15) is 5.75 Å². The van der Waals surface area contributed by atoms with Crippen LogP contribution in [0.15, 0.2) is 24.3 Å². The maximum atomic E-state index is 12.5. The number of likely N-dealkylation sites (tertiary alicyclic amines) is 1. The molecule has 1 amide bonds. The number of amides is 1. The lowest BCUT2D eigenvalue weighted by atomic mass is 10.0. The fraction of sp³-hybridized carbons (Fsp3) is 0.611. The number of rotatable bonds is 6. The van der Waals surface area contributed by atoms with Gasteiger partial charge in [-0.25, -0.2) is 0 Å². The van der Waals surface area contributed by atoms with E-state index in [4.69, 9.17) is 4.74 Å². The average molecular weight is 356 g/mol. The van der Waals surface area contributed by atoms with Crippen LogP contribution >= 0.6 is 0 Å². The third kappa shape index (κ3) is 5.36. The number of hydrogen-bond donors (Lipinski definition) is 1. The zero-order chi connectivity index (χ0) is 17.9. The fourth-order valence-electron chi connectivity index (χ4n) is 2.96. The maximum Gasteiger partial charge on any atom is 0.416 e. The van der Waals surface area contributed by atoms with Gasteiger partial charge in [-0.3, -0.25) is 4.79 Å². The second-order valence-electron chi connectivity index (χ2n) is 6.82. The Balaban J connectivity index is 1.39. The van der Waals surface area contributed by atoms with Crippen LogP contribution in [0.3, 0.4) is 0 Å². The Labute approximate surface area is 145 Å². The van der Waals surface area contributed by atoms with Gasteiger partial charge in [0, 0.05) is 19.1 Å². The van der Waals surface area contributed by atoms with E-state index in [1.54, 1.807) is 4.90 Å². The standard InChI is InChI=1S/C18H23F3N2O2/c19-18(20,21)14-3-5-16(6-4-14)25-12-17(24)23-9-7-15(8-10-23)22-11-13-1-2-13/h3-6,13,15,22H,1-2,7-12H2. The molecule has 0 radical (unpaired) electrons. The topological polar surface area (TPSA) is 41.6 Å². The quantitative estimate of drug-likeness (QED) is 0.852. The Morgan fingerprint density at radius 3 is 2.32 bits per heavy atom. The first kappa shape index (κ1) is 18.0. The summed E-state index contributed by atoms with van der Waals surface area (Å²) in [4.78, 5) is 13.9. The second kappa shape index (κ2) is 7.64. The van der Waals surface area contributed by atoms with Crippen molar-refractivity contribution in [2.75, 3.05) is 26.2 Å². The van der Waals surface area contributed by atoms with E-state index in [1.165, 1.54) is 25.0 Å². The van der Waals surface area contributed by atoms with Crippen LogP contribution in [-0.4, -0.2) is 43.1 Å². The first-order valence-corrected chi connectivity index (χ1v) is 8.73. The third-order valence-electron chi connectivity index (χ3n) is 4.78.